The third-order valence-electron chi connectivity index (χ3n) is 2.09. The number of carbonyl (C=O) groups excluding carboxylic acids is 1. The van der Waals surface area contributed by atoms with Crippen molar-refractivity contribution in [1.82, 2.24) is 9.88 Å². The number of halogens is 2. The van der Waals surface area contributed by atoms with Crippen LogP contribution in [0.15, 0.2) is 0 Å². The summed E-state index contributed by atoms with van der Waals surface area (Å²) in [5.74, 6) is 0.809. The number of hydrogen-bond acceptors (Lipinski definition) is 3. The Morgan fingerprint density at radius 3 is 2.25 bits per heavy atom. The van der Waals surface area contributed by atoms with E-state index in [1.807, 2.05) is 13.8 Å². The molecule has 0 bridgehead atoms. The number of aryl methyl sites for hydroxylation is 2. The van der Waals surface area contributed by atoms with Crippen LogP contribution in [0.5, 0.6) is 0 Å². The summed E-state index contributed by atoms with van der Waals surface area (Å²) in [4.78, 5) is 18.7. The zero-order chi connectivity index (χ0) is 12.1. The third-order valence-corrected chi connectivity index (χ3v) is 3.49. The Morgan fingerprint density at radius 2 is 1.88 bits per heavy atom. The lowest BCUT2D eigenvalue weighted by atomic mass is 10.3. The second-order valence-corrected chi connectivity index (χ2v) is 5.28. The van der Waals surface area contributed by atoms with Gasteiger partial charge >= 0.3 is 0 Å². The van der Waals surface area contributed by atoms with Gasteiger partial charge in [0.1, 0.15) is 4.88 Å². The van der Waals surface area contributed by atoms with E-state index < -0.39 is 0 Å². The molecule has 0 aliphatic carbocycles. The van der Waals surface area contributed by atoms with Crippen LogP contribution in [0, 0.1) is 13.8 Å². The molecule has 1 rings (SSSR count). The maximum absolute atomic E-state index is 12.1. The minimum atomic E-state index is -0.0237. The van der Waals surface area contributed by atoms with Crippen molar-refractivity contribution in [3.63, 3.8) is 0 Å². The van der Waals surface area contributed by atoms with Gasteiger partial charge in [0.25, 0.3) is 5.91 Å². The molecule has 0 aliphatic rings. The summed E-state index contributed by atoms with van der Waals surface area (Å²) >= 11 is 12.7. The minimum Gasteiger partial charge on any atom is -0.336 e. The van der Waals surface area contributed by atoms with Crippen LogP contribution >= 0.6 is 34.5 Å². The Hall–Kier alpha value is -0.320. The summed E-state index contributed by atoms with van der Waals surface area (Å²) in [6.07, 6.45) is 0. The zero-order valence-corrected chi connectivity index (χ0v) is 11.6. The molecule has 0 N–H and O–H groups in total. The van der Waals surface area contributed by atoms with Gasteiger partial charge in [-0.05, 0) is 13.8 Å². The summed E-state index contributed by atoms with van der Waals surface area (Å²) in [5, 5.41) is 0.901. The fraction of sp³-hybridized carbons (Fsp3) is 0.600. The number of alkyl halides is 2. The molecule has 0 saturated heterocycles. The SMILES string of the molecule is Cc1nc(C)c(C(=O)N(CCCl)CCCl)s1. The zero-order valence-electron chi connectivity index (χ0n) is 9.30. The highest BCUT2D eigenvalue weighted by atomic mass is 35.5. The maximum Gasteiger partial charge on any atom is 0.265 e. The van der Waals surface area contributed by atoms with E-state index in [1.165, 1.54) is 11.3 Å². The molecule has 1 aromatic heterocycles. The molecule has 0 aliphatic heterocycles. The molecule has 6 heteroatoms. The van der Waals surface area contributed by atoms with Crippen LogP contribution in [0.2, 0.25) is 0 Å². The van der Waals surface area contributed by atoms with E-state index >= 15 is 0 Å². The van der Waals surface area contributed by atoms with Crippen LogP contribution in [0.4, 0.5) is 0 Å². The Labute approximate surface area is 109 Å². The predicted molar refractivity (Wildman–Crippen MR) is 68.9 cm³/mol. The van der Waals surface area contributed by atoms with E-state index in [0.29, 0.717) is 29.7 Å². The molecule has 0 spiro atoms. The van der Waals surface area contributed by atoms with E-state index in [4.69, 9.17) is 23.2 Å². The topological polar surface area (TPSA) is 33.2 Å². The molecule has 1 aromatic rings. The highest BCUT2D eigenvalue weighted by Gasteiger charge is 2.19. The lowest BCUT2D eigenvalue weighted by Crippen LogP contribution is -2.34. The van der Waals surface area contributed by atoms with Gasteiger partial charge in [-0.1, -0.05) is 0 Å². The van der Waals surface area contributed by atoms with Crippen molar-refractivity contribution < 1.29 is 4.79 Å². The third kappa shape index (κ3) is 3.34. The van der Waals surface area contributed by atoms with E-state index in [0.717, 1.165) is 10.7 Å². The van der Waals surface area contributed by atoms with Crippen LogP contribution < -0.4 is 0 Å². The second kappa shape index (κ2) is 6.42. The lowest BCUT2D eigenvalue weighted by Gasteiger charge is -2.19. The number of rotatable bonds is 5. The summed E-state index contributed by atoms with van der Waals surface area (Å²) < 4.78 is 0. The van der Waals surface area contributed by atoms with Crippen molar-refractivity contribution in [3.8, 4) is 0 Å². The monoisotopic (exact) mass is 280 g/mol. The maximum atomic E-state index is 12.1. The quantitative estimate of drug-likeness (QED) is 0.777. The molecule has 0 fully saturated rings. The average Bonchev–Trinajstić information content (AvgIpc) is 2.56. The van der Waals surface area contributed by atoms with Gasteiger partial charge in [-0.2, -0.15) is 0 Å². The average molecular weight is 281 g/mol. The fourth-order valence-electron chi connectivity index (χ4n) is 1.39. The summed E-state index contributed by atoms with van der Waals surface area (Å²) in [5.41, 5.74) is 0.779. The van der Waals surface area contributed by atoms with Crippen molar-refractivity contribution in [2.45, 2.75) is 13.8 Å². The second-order valence-electron chi connectivity index (χ2n) is 3.32. The standard InChI is InChI=1S/C10H14Cl2N2OS/c1-7-9(16-8(2)13-7)10(15)14(5-3-11)6-4-12/h3-6H2,1-2H3. The fourth-order valence-corrected chi connectivity index (χ4v) is 2.69. The van der Waals surface area contributed by atoms with Crippen LogP contribution in [0.3, 0.4) is 0 Å². The molecular formula is C10H14Cl2N2OS. The Kier molecular flexibility index (Phi) is 5.52. The van der Waals surface area contributed by atoms with Crippen molar-refractivity contribution in [2.24, 2.45) is 0 Å². The molecule has 0 unspecified atom stereocenters. The van der Waals surface area contributed by atoms with Gasteiger partial charge in [0.2, 0.25) is 0 Å². The number of amides is 1. The van der Waals surface area contributed by atoms with Crippen LogP contribution in [-0.2, 0) is 0 Å². The molecular weight excluding hydrogens is 267 g/mol. The van der Waals surface area contributed by atoms with Crippen molar-refractivity contribution in [2.75, 3.05) is 24.8 Å². The smallest absolute Gasteiger partial charge is 0.265 e. The molecule has 90 valence electrons. The first-order chi connectivity index (χ1) is 7.60. The molecule has 0 atom stereocenters. The van der Waals surface area contributed by atoms with Crippen LogP contribution in [0.25, 0.3) is 0 Å². The van der Waals surface area contributed by atoms with E-state index in [2.05, 4.69) is 4.98 Å². The van der Waals surface area contributed by atoms with Gasteiger partial charge in [0.15, 0.2) is 0 Å². The van der Waals surface area contributed by atoms with E-state index in [1.54, 1.807) is 4.90 Å². The molecule has 16 heavy (non-hydrogen) atoms. The Morgan fingerprint density at radius 1 is 1.31 bits per heavy atom. The summed E-state index contributed by atoms with van der Waals surface area (Å²) in [6.45, 7) is 4.77. The van der Waals surface area contributed by atoms with Crippen LogP contribution in [-0.4, -0.2) is 40.6 Å². The summed E-state index contributed by atoms with van der Waals surface area (Å²) in [6, 6.07) is 0. The minimum absolute atomic E-state index is 0.0237. The first-order valence-electron chi connectivity index (χ1n) is 4.95. The lowest BCUT2D eigenvalue weighted by molar-refractivity contribution is 0.0779. The molecule has 1 heterocycles. The van der Waals surface area contributed by atoms with Crippen LogP contribution in [0.1, 0.15) is 20.4 Å². The van der Waals surface area contributed by atoms with Gasteiger partial charge in [0, 0.05) is 24.8 Å². The van der Waals surface area contributed by atoms with E-state index in [-0.39, 0.29) is 5.91 Å². The molecule has 3 nitrogen and oxygen atoms in total. The number of thiazole rings is 1. The van der Waals surface area contributed by atoms with Gasteiger partial charge in [-0.15, -0.1) is 34.5 Å². The molecule has 0 aromatic carbocycles. The van der Waals surface area contributed by atoms with Crippen molar-refractivity contribution in [1.29, 1.82) is 0 Å². The van der Waals surface area contributed by atoms with Gasteiger partial charge < -0.3 is 4.90 Å². The molecule has 1 amide bonds. The highest BCUT2D eigenvalue weighted by Crippen LogP contribution is 2.19. The molecule has 0 radical (unpaired) electrons. The Balaban J connectivity index is 2.85. The van der Waals surface area contributed by atoms with Crippen molar-refractivity contribution >= 4 is 40.4 Å². The highest BCUT2D eigenvalue weighted by molar-refractivity contribution is 7.13. The molecule has 0 saturated carbocycles. The first-order valence-corrected chi connectivity index (χ1v) is 6.84. The normalized spacial score (nSPS) is 10.5. The largest absolute Gasteiger partial charge is 0.336 e. The van der Waals surface area contributed by atoms with Gasteiger partial charge in [-0.25, -0.2) is 4.98 Å². The number of hydrogen-bond donors (Lipinski definition) is 0. The Bertz CT molecular complexity index is 362. The summed E-state index contributed by atoms with van der Waals surface area (Å²) in [7, 11) is 0. The number of nitrogens with zero attached hydrogens (tertiary/aromatic N) is 2. The number of carbonyl (C=O) groups is 1. The number of aromatic nitrogens is 1. The first kappa shape index (κ1) is 13.7. The predicted octanol–water partition coefficient (Wildman–Crippen LogP) is 2.68. The van der Waals surface area contributed by atoms with Gasteiger partial charge in [-0.3, -0.25) is 4.79 Å². The van der Waals surface area contributed by atoms with E-state index in [9.17, 15) is 4.79 Å². The van der Waals surface area contributed by atoms with Crippen molar-refractivity contribution in [3.05, 3.63) is 15.6 Å². The van der Waals surface area contributed by atoms with Gasteiger partial charge in [0.05, 0.1) is 10.7 Å².